The molecule has 0 aliphatic carbocycles. The molecule has 128 valence electrons. The van der Waals surface area contributed by atoms with E-state index in [1.54, 1.807) is 0 Å². The summed E-state index contributed by atoms with van der Waals surface area (Å²) in [4.78, 5) is 14.6. The fraction of sp³-hybridized carbons (Fsp3) is 0.316. The molecular formula is C19H24ClN3O. The Bertz CT molecular complexity index is 745. The van der Waals surface area contributed by atoms with Gasteiger partial charge in [0.1, 0.15) is 0 Å². The van der Waals surface area contributed by atoms with Crippen molar-refractivity contribution in [3.05, 3.63) is 53.1 Å². The van der Waals surface area contributed by atoms with E-state index < -0.39 is 0 Å². The lowest BCUT2D eigenvalue weighted by molar-refractivity contribution is -0.115. The third-order valence-corrected chi connectivity index (χ3v) is 4.38. The second-order valence-electron chi connectivity index (χ2n) is 6.24. The van der Waals surface area contributed by atoms with Gasteiger partial charge in [-0.25, -0.2) is 0 Å². The number of halogens is 1. The molecule has 2 aromatic rings. The zero-order valence-electron chi connectivity index (χ0n) is 14.1. The predicted octanol–water partition coefficient (Wildman–Crippen LogP) is 3.70. The summed E-state index contributed by atoms with van der Waals surface area (Å²) in [7, 11) is 0. The number of rotatable bonds is 3. The highest BCUT2D eigenvalue weighted by Crippen LogP contribution is 2.31. The van der Waals surface area contributed by atoms with Crippen LogP contribution < -0.4 is 16.0 Å². The fourth-order valence-corrected chi connectivity index (χ4v) is 3.13. The minimum atomic E-state index is 0. The van der Waals surface area contributed by atoms with Crippen molar-refractivity contribution in [3.8, 4) is 0 Å². The van der Waals surface area contributed by atoms with Crippen LogP contribution >= 0.6 is 12.4 Å². The van der Waals surface area contributed by atoms with E-state index >= 15 is 0 Å². The van der Waals surface area contributed by atoms with E-state index in [1.807, 2.05) is 38.1 Å². The lowest BCUT2D eigenvalue weighted by Gasteiger charge is -2.31. The number of hydrogen-bond acceptors (Lipinski definition) is 3. The number of aryl methyl sites for hydroxylation is 2. The first-order valence-corrected chi connectivity index (χ1v) is 8.04. The monoisotopic (exact) mass is 345 g/mol. The number of carbonyl (C=O) groups is 1. The van der Waals surface area contributed by atoms with E-state index in [1.165, 1.54) is 5.56 Å². The average molecular weight is 346 g/mol. The average Bonchev–Trinajstić information content (AvgIpc) is 2.52. The first-order chi connectivity index (χ1) is 11.0. The van der Waals surface area contributed by atoms with Gasteiger partial charge in [-0.1, -0.05) is 18.2 Å². The molecule has 0 bridgehead atoms. The van der Waals surface area contributed by atoms with Crippen molar-refractivity contribution < 1.29 is 4.79 Å². The maximum Gasteiger partial charge on any atom is 0.243 e. The molecule has 2 aromatic carbocycles. The molecule has 5 heteroatoms. The van der Waals surface area contributed by atoms with Crippen molar-refractivity contribution in [1.29, 1.82) is 0 Å². The first kappa shape index (κ1) is 18.1. The molecule has 0 unspecified atom stereocenters. The number of benzene rings is 2. The van der Waals surface area contributed by atoms with Gasteiger partial charge in [-0.05, 0) is 61.6 Å². The van der Waals surface area contributed by atoms with Gasteiger partial charge >= 0.3 is 0 Å². The quantitative estimate of drug-likeness (QED) is 0.834. The molecule has 0 fully saturated rings. The van der Waals surface area contributed by atoms with Crippen LogP contribution in [0.1, 0.15) is 23.1 Å². The maximum atomic E-state index is 12.5. The summed E-state index contributed by atoms with van der Waals surface area (Å²) < 4.78 is 0. The molecule has 0 aromatic heterocycles. The van der Waals surface area contributed by atoms with E-state index in [-0.39, 0.29) is 18.3 Å². The molecule has 0 radical (unpaired) electrons. The highest BCUT2D eigenvalue weighted by Gasteiger charge is 2.20. The molecule has 0 saturated carbocycles. The van der Waals surface area contributed by atoms with Crippen LogP contribution in [0.4, 0.5) is 17.1 Å². The zero-order chi connectivity index (χ0) is 16.4. The maximum absolute atomic E-state index is 12.5. The van der Waals surface area contributed by atoms with Crippen LogP contribution in [0, 0.1) is 13.8 Å². The molecule has 3 N–H and O–H groups in total. The summed E-state index contributed by atoms with van der Waals surface area (Å²) in [6.45, 7) is 5.27. The lowest BCUT2D eigenvalue weighted by atomic mass is 10.00. The molecule has 0 spiro atoms. The van der Waals surface area contributed by atoms with Gasteiger partial charge in [0.05, 0.1) is 6.54 Å². The van der Waals surface area contributed by atoms with Crippen LogP contribution in [0.15, 0.2) is 36.4 Å². The SMILES string of the molecule is Cc1ccc(C)c(NC(=O)CN2CCCc3c(N)cccc32)c1.Cl. The summed E-state index contributed by atoms with van der Waals surface area (Å²) >= 11 is 0. The summed E-state index contributed by atoms with van der Waals surface area (Å²) in [6, 6.07) is 12.0. The van der Waals surface area contributed by atoms with Gasteiger partial charge in [-0.2, -0.15) is 0 Å². The Morgan fingerprint density at radius 1 is 1.25 bits per heavy atom. The molecule has 1 aliphatic heterocycles. The van der Waals surface area contributed by atoms with Gasteiger partial charge in [-0.15, -0.1) is 12.4 Å². The van der Waals surface area contributed by atoms with Crippen LogP contribution in [-0.2, 0) is 11.2 Å². The summed E-state index contributed by atoms with van der Waals surface area (Å²) in [5, 5.41) is 3.03. The van der Waals surface area contributed by atoms with Crippen molar-refractivity contribution >= 4 is 35.4 Å². The van der Waals surface area contributed by atoms with Crippen LogP contribution in [-0.4, -0.2) is 19.0 Å². The molecule has 1 amide bonds. The highest BCUT2D eigenvalue weighted by atomic mass is 35.5. The Morgan fingerprint density at radius 2 is 2.04 bits per heavy atom. The Hall–Kier alpha value is -2.20. The summed E-state index contributed by atoms with van der Waals surface area (Å²) in [6.07, 6.45) is 2.01. The molecule has 0 atom stereocenters. The van der Waals surface area contributed by atoms with Crippen molar-refractivity contribution in [2.24, 2.45) is 0 Å². The number of nitrogens with one attached hydrogen (secondary N) is 1. The second kappa shape index (κ2) is 7.58. The van der Waals surface area contributed by atoms with Crippen LogP contribution in [0.25, 0.3) is 0 Å². The summed E-state index contributed by atoms with van der Waals surface area (Å²) in [5.41, 5.74) is 12.2. The molecule has 1 heterocycles. The van der Waals surface area contributed by atoms with Crippen molar-refractivity contribution in [2.45, 2.75) is 26.7 Å². The Balaban J connectivity index is 0.00000208. The normalized spacial score (nSPS) is 13.0. The molecule has 4 nitrogen and oxygen atoms in total. The van der Waals surface area contributed by atoms with Gasteiger partial charge in [0.25, 0.3) is 0 Å². The highest BCUT2D eigenvalue weighted by molar-refractivity contribution is 5.95. The second-order valence-corrected chi connectivity index (χ2v) is 6.24. The van der Waals surface area contributed by atoms with Crippen molar-refractivity contribution in [1.82, 2.24) is 0 Å². The molecular weight excluding hydrogens is 322 g/mol. The number of fused-ring (bicyclic) bond motifs is 1. The van der Waals surface area contributed by atoms with E-state index in [9.17, 15) is 4.79 Å². The topological polar surface area (TPSA) is 58.4 Å². The largest absolute Gasteiger partial charge is 0.398 e. The lowest BCUT2D eigenvalue weighted by Crippen LogP contribution is -2.37. The number of nitrogen functional groups attached to an aromatic ring is 1. The van der Waals surface area contributed by atoms with Crippen LogP contribution in [0.2, 0.25) is 0 Å². The zero-order valence-corrected chi connectivity index (χ0v) is 15.0. The van der Waals surface area contributed by atoms with Gasteiger partial charge in [0.15, 0.2) is 0 Å². The standard InChI is InChI=1S/C19H23N3O.ClH/c1-13-8-9-14(2)17(11-13)21-19(23)12-22-10-4-5-15-16(20)6-3-7-18(15)22;/h3,6-9,11H,4-5,10,12,20H2,1-2H3,(H,21,23);1H. The molecule has 3 rings (SSSR count). The van der Waals surface area contributed by atoms with E-state index in [2.05, 4.69) is 22.3 Å². The first-order valence-electron chi connectivity index (χ1n) is 8.04. The molecule has 0 saturated heterocycles. The van der Waals surface area contributed by atoms with Crippen LogP contribution in [0.3, 0.4) is 0 Å². The van der Waals surface area contributed by atoms with Gasteiger partial charge in [0, 0.05) is 23.6 Å². The smallest absolute Gasteiger partial charge is 0.243 e. The Labute approximate surface area is 149 Å². The Morgan fingerprint density at radius 3 is 2.83 bits per heavy atom. The van der Waals surface area contributed by atoms with E-state index in [0.717, 1.165) is 47.6 Å². The molecule has 24 heavy (non-hydrogen) atoms. The minimum absolute atomic E-state index is 0. The van der Waals surface area contributed by atoms with E-state index in [0.29, 0.717) is 6.54 Å². The van der Waals surface area contributed by atoms with Gasteiger partial charge in [0.2, 0.25) is 5.91 Å². The number of carbonyl (C=O) groups excluding carboxylic acids is 1. The number of nitrogens with zero attached hydrogens (tertiary/aromatic N) is 1. The minimum Gasteiger partial charge on any atom is -0.398 e. The fourth-order valence-electron chi connectivity index (χ4n) is 3.13. The Kier molecular flexibility index (Phi) is 5.73. The van der Waals surface area contributed by atoms with Crippen molar-refractivity contribution in [2.75, 3.05) is 29.0 Å². The number of anilines is 3. The molecule has 1 aliphatic rings. The van der Waals surface area contributed by atoms with Crippen LogP contribution in [0.5, 0.6) is 0 Å². The summed E-state index contributed by atoms with van der Waals surface area (Å²) in [5.74, 6) is 0.00831. The van der Waals surface area contributed by atoms with Gasteiger partial charge < -0.3 is 16.0 Å². The predicted molar refractivity (Wildman–Crippen MR) is 103 cm³/mol. The van der Waals surface area contributed by atoms with Gasteiger partial charge in [-0.3, -0.25) is 4.79 Å². The van der Waals surface area contributed by atoms with E-state index in [4.69, 9.17) is 5.73 Å². The number of nitrogens with two attached hydrogens (primary N) is 1. The number of amides is 1. The number of hydrogen-bond donors (Lipinski definition) is 2. The third kappa shape index (κ3) is 3.82. The third-order valence-electron chi connectivity index (χ3n) is 4.38. The van der Waals surface area contributed by atoms with Crippen molar-refractivity contribution in [3.63, 3.8) is 0 Å².